The molecule has 0 aliphatic carbocycles. The van der Waals surface area contributed by atoms with Gasteiger partial charge in [0.25, 0.3) is 10.2 Å². The van der Waals surface area contributed by atoms with Gasteiger partial charge >= 0.3 is 11.9 Å². The molecule has 1 aliphatic rings. The third-order valence-electron chi connectivity index (χ3n) is 2.94. The molecule has 1 heterocycles. The Morgan fingerprint density at radius 3 is 2.45 bits per heavy atom. The van der Waals surface area contributed by atoms with Crippen LogP contribution in [0.2, 0.25) is 0 Å². The quantitative estimate of drug-likeness (QED) is 0.596. The van der Waals surface area contributed by atoms with Gasteiger partial charge in [0.05, 0.1) is 6.61 Å². The predicted octanol–water partition coefficient (Wildman–Crippen LogP) is -0.287. The second-order valence-corrected chi connectivity index (χ2v) is 6.17. The monoisotopic (exact) mass is 308 g/mol. The van der Waals surface area contributed by atoms with Gasteiger partial charge in [-0.2, -0.15) is 17.4 Å². The first-order valence-electron chi connectivity index (χ1n) is 6.52. The number of rotatable bonds is 8. The predicted molar refractivity (Wildman–Crippen MR) is 70.2 cm³/mol. The van der Waals surface area contributed by atoms with Crippen LogP contribution in [0.3, 0.4) is 0 Å². The van der Waals surface area contributed by atoms with Crippen molar-refractivity contribution in [1.82, 2.24) is 9.03 Å². The third-order valence-corrected chi connectivity index (χ3v) is 4.56. The molecule has 0 aromatic heterocycles. The van der Waals surface area contributed by atoms with Crippen LogP contribution in [0.15, 0.2) is 0 Å². The molecular formula is C11H20N2O6S. The number of carbonyl (C=O) groups excluding carboxylic acids is 1. The maximum Gasteiger partial charge on any atom is 0.321 e. The lowest BCUT2D eigenvalue weighted by Gasteiger charge is -2.20. The van der Waals surface area contributed by atoms with Gasteiger partial charge in [-0.15, -0.1) is 0 Å². The number of esters is 1. The Hall–Kier alpha value is -1.19. The van der Waals surface area contributed by atoms with E-state index >= 15 is 0 Å². The van der Waals surface area contributed by atoms with Gasteiger partial charge in [0.15, 0.2) is 0 Å². The van der Waals surface area contributed by atoms with E-state index < -0.39 is 28.2 Å². The molecule has 1 aliphatic heterocycles. The van der Waals surface area contributed by atoms with Gasteiger partial charge in [0.1, 0.15) is 6.04 Å². The highest BCUT2D eigenvalue weighted by molar-refractivity contribution is 7.87. The maximum atomic E-state index is 12.0. The average molecular weight is 308 g/mol. The number of hydrogen-bond donors (Lipinski definition) is 2. The van der Waals surface area contributed by atoms with E-state index in [1.165, 1.54) is 4.31 Å². The summed E-state index contributed by atoms with van der Waals surface area (Å²) in [7, 11) is -3.81. The van der Waals surface area contributed by atoms with Crippen molar-refractivity contribution in [2.75, 3.05) is 19.7 Å². The highest BCUT2D eigenvalue weighted by Gasteiger charge is 2.30. The van der Waals surface area contributed by atoms with Gasteiger partial charge in [-0.3, -0.25) is 9.59 Å². The van der Waals surface area contributed by atoms with Crippen LogP contribution in [0.4, 0.5) is 0 Å². The van der Waals surface area contributed by atoms with Crippen molar-refractivity contribution in [1.29, 1.82) is 0 Å². The Labute approximate surface area is 118 Å². The number of carboxylic acids is 1. The molecule has 116 valence electrons. The third kappa shape index (κ3) is 5.06. The molecule has 0 radical (unpaired) electrons. The van der Waals surface area contributed by atoms with Crippen LogP contribution in [-0.2, 0) is 24.5 Å². The molecule has 1 fully saturated rings. The number of aliphatic carboxylic acids is 1. The Kier molecular flexibility index (Phi) is 6.37. The summed E-state index contributed by atoms with van der Waals surface area (Å²) in [5.74, 6) is -1.85. The molecule has 1 rings (SSSR count). The van der Waals surface area contributed by atoms with Crippen molar-refractivity contribution in [3.8, 4) is 0 Å². The molecule has 0 amide bonds. The molecule has 2 N–H and O–H groups in total. The zero-order valence-electron chi connectivity index (χ0n) is 11.4. The summed E-state index contributed by atoms with van der Waals surface area (Å²) in [5.41, 5.74) is 0. The number of ether oxygens (including phenoxy) is 1. The molecule has 1 atom stereocenters. The summed E-state index contributed by atoms with van der Waals surface area (Å²) < 4.78 is 31.9. The Balaban J connectivity index is 2.58. The van der Waals surface area contributed by atoms with E-state index in [1.807, 2.05) is 0 Å². The van der Waals surface area contributed by atoms with Gasteiger partial charge in [0, 0.05) is 19.5 Å². The van der Waals surface area contributed by atoms with Gasteiger partial charge in [-0.1, -0.05) is 0 Å². The zero-order chi connectivity index (χ0) is 15.2. The van der Waals surface area contributed by atoms with E-state index in [0.29, 0.717) is 13.1 Å². The standard InChI is InChI=1S/C11H20N2O6S/c1-2-19-10(14)6-5-9(11(15)16)12-20(17,18)13-7-3-4-8-13/h9,12H,2-8H2,1H3,(H,15,16)/t9-/m0/s1. The van der Waals surface area contributed by atoms with Crippen LogP contribution in [-0.4, -0.2) is 55.5 Å². The molecule has 8 nitrogen and oxygen atoms in total. The minimum absolute atomic E-state index is 0.138. The molecule has 0 unspecified atom stereocenters. The smallest absolute Gasteiger partial charge is 0.321 e. The molecule has 1 saturated heterocycles. The minimum Gasteiger partial charge on any atom is -0.480 e. The van der Waals surface area contributed by atoms with Crippen molar-refractivity contribution in [2.24, 2.45) is 0 Å². The van der Waals surface area contributed by atoms with Crippen LogP contribution < -0.4 is 4.72 Å². The molecule has 9 heteroatoms. The van der Waals surface area contributed by atoms with Gasteiger partial charge < -0.3 is 9.84 Å². The topological polar surface area (TPSA) is 113 Å². The van der Waals surface area contributed by atoms with Crippen molar-refractivity contribution in [3.05, 3.63) is 0 Å². The highest BCUT2D eigenvalue weighted by atomic mass is 32.2. The Morgan fingerprint density at radius 1 is 1.35 bits per heavy atom. The van der Waals surface area contributed by atoms with Crippen LogP contribution in [0, 0.1) is 0 Å². The van der Waals surface area contributed by atoms with E-state index in [1.54, 1.807) is 6.92 Å². The maximum absolute atomic E-state index is 12.0. The van der Waals surface area contributed by atoms with E-state index in [-0.39, 0.29) is 19.4 Å². The number of nitrogens with one attached hydrogen (secondary N) is 1. The number of nitrogens with zero attached hydrogens (tertiary/aromatic N) is 1. The lowest BCUT2D eigenvalue weighted by molar-refractivity contribution is -0.144. The zero-order valence-corrected chi connectivity index (χ0v) is 12.2. The second kappa shape index (κ2) is 7.55. The fraction of sp³-hybridized carbons (Fsp3) is 0.818. The Morgan fingerprint density at radius 2 is 1.95 bits per heavy atom. The van der Waals surface area contributed by atoms with Gasteiger partial charge in [-0.05, 0) is 26.2 Å². The molecular weight excluding hydrogens is 288 g/mol. The minimum atomic E-state index is -3.81. The van der Waals surface area contributed by atoms with E-state index in [2.05, 4.69) is 9.46 Å². The first-order chi connectivity index (χ1) is 9.36. The van der Waals surface area contributed by atoms with Crippen molar-refractivity contribution < 1.29 is 27.9 Å². The number of hydrogen-bond acceptors (Lipinski definition) is 5. The SMILES string of the molecule is CCOC(=O)CC[C@H](NS(=O)(=O)N1CCCC1)C(=O)O. The summed E-state index contributed by atoms with van der Waals surface area (Å²) in [4.78, 5) is 22.3. The first kappa shape index (κ1) is 16.9. The van der Waals surface area contributed by atoms with Crippen LogP contribution in [0.25, 0.3) is 0 Å². The number of carboxylic acid groups (broad SMARTS) is 1. The summed E-state index contributed by atoms with van der Waals surface area (Å²) >= 11 is 0. The molecule has 0 saturated carbocycles. The van der Waals surface area contributed by atoms with Gasteiger partial charge in [0.2, 0.25) is 0 Å². The molecule has 0 aromatic rings. The van der Waals surface area contributed by atoms with Crippen LogP contribution >= 0.6 is 0 Å². The second-order valence-electron chi connectivity index (χ2n) is 4.46. The normalized spacial score (nSPS) is 17.9. The first-order valence-corrected chi connectivity index (χ1v) is 7.96. The summed E-state index contributed by atoms with van der Waals surface area (Å²) in [5, 5.41) is 9.02. The van der Waals surface area contributed by atoms with Crippen molar-refractivity contribution in [3.63, 3.8) is 0 Å². The van der Waals surface area contributed by atoms with Crippen molar-refractivity contribution in [2.45, 2.75) is 38.6 Å². The molecule has 0 spiro atoms. The average Bonchev–Trinajstić information content (AvgIpc) is 2.89. The largest absolute Gasteiger partial charge is 0.480 e. The van der Waals surface area contributed by atoms with Gasteiger partial charge in [-0.25, -0.2) is 0 Å². The lowest BCUT2D eigenvalue weighted by Crippen LogP contribution is -2.47. The highest BCUT2D eigenvalue weighted by Crippen LogP contribution is 2.12. The molecule has 0 aromatic carbocycles. The fourth-order valence-electron chi connectivity index (χ4n) is 1.91. The summed E-state index contributed by atoms with van der Waals surface area (Å²) in [6.45, 7) is 2.62. The van der Waals surface area contributed by atoms with Crippen LogP contribution in [0.1, 0.15) is 32.6 Å². The van der Waals surface area contributed by atoms with Crippen molar-refractivity contribution >= 4 is 22.1 Å². The van der Waals surface area contributed by atoms with Crippen LogP contribution in [0.5, 0.6) is 0 Å². The molecule has 0 bridgehead atoms. The summed E-state index contributed by atoms with van der Waals surface area (Å²) in [6, 6.07) is -1.33. The van der Waals surface area contributed by atoms with E-state index in [0.717, 1.165) is 12.8 Å². The molecule has 20 heavy (non-hydrogen) atoms. The lowest BCUT2D eigenvalue weighted by atomic mass is 10.2. The van der Waals surface area contributed by atoms with E-state index in [4.69, 9.17) is 5.11 Å². The van der Waals surface area contributed by atoms with E-state index in [9.17, 15) is 18.0 Å². The number of carbonyl (C=O) groups is 2. The fourth-order valence-corrected chi connectivity index (χ4v) is 3.38. The Bertz CT molecular complexity index is 444. The summed E-state index contributed by atoms with van der Waals surface area (Å²) in [6.07, 6.45) is 1.25.